The fraction of sp³-hybridized carbons (Fsp3) is 0.120. The minimum absolute atomic E-state index is 0.117. The second kappa shape index (κ2) is 10.9. The summed E-state index contributed by atoms with van der Waals surface area (Å²) in [5.41, 5.74) is 2.35. The molecule has 0 aromatic heterocycles. The number of imide groups is 1. The third-order valence-electron chi connectivity index (χ3n) is 5.01. The summed E-state index contributed by atoms with van der Waals surface area (Å²) in [5.74, 6) is 0.652. The lowest BCUT2D eigenvalue weighted by Crippen LogP contribution is -2.27. The lowest BCUT2D eigenvalue weighted by Gasteiger charge is -2.14. The summed E-state index contributed by atoms with van der Waals surface area (Å²) >= 11 is 16.5. The van der Waals surface area contributed by atoms with Gasteiger partial charge in [-0.3, -0.25) is 14.5 Å². The number of carbonyl (C=O) groups is 2. The molecule has 5 nitrogen and oxygen atoms in total. The van der Waals surface area contributed by atoms with Crippen molar-refractivity contribution < 1.29 is 19.1 Å². The predicted molar refractivity (Wildman–Crippen MR) is 139 cm³/mol. The number of halogens is 3. The molecule has 3 aromatic carbocycles. The number of hydrogen-bond acceptors (Lipinski definition) is 5. The highest BCUT2D eigenvalue weighted by Gasteiger charge is 2.35. The quantitative estimate of drug-likeness (QED) is 0.270. The van der Waals surface area contributed by atoms with Crippen molar-refractivity contribution >= 4 is 68.1 Å². The first kappa shape index (κ1) is 24.7. The van der Waals surface area contributed by atoms with Gasteiger partial charge >= 0.3 is 0 Å². The number of thioether (sulfide) groups is 1. The van der Waals surface area contributed by atoms with Gasteiger partial charge in [0.15, 0.2) is 11.5 Å². The van der Waals surface area contributed by atoms with Crippen LogP contribution in [0.4, 0.5) is 4.79 Å². The van der Waals surface area contributed by atoms with E-state index in [0.717, 1.165) is 17.3 Å². The second-order valence-electron chi connectivity index (χ2n) is 7.31. The topological polar surface area (TPSA) is 55.8 Å². The Kier molecular flexibility index (Phi) is 7.88. The highest BCUT2D eigenvalue weighted by molar-refractivity contribution is 9.10. The van der Waals surface area contributed by atoms with E-state index in [1.165, 1.54) is 12.0 Å². The first-order chi connectivity index (χ1) is 16.4. The number of amides is 2. The van der Waals surface area contributed by atoms with Crippen LogP contribution < -0.4 is 9.47 Å². The van der Waals surface area contributed by atoms with Crippen LogP contribution >= 0.6 is 50.9 Å². The van der Waals surface area contributed by atoms with Crippen molar-refractivity contribution in [3.05, 3.63) is 96.8 Å². The summed E-state index contributed by atoms with van der Waals surface area (Å²) in [7, 11) is 1.54. The fourth-order valence-electron chi connectivity index (χ4n) is 3.28. The molecular weight excluding hydrogens is 561 g/mol. The Hall–Kier alpha value is -2.45. The van der Waals surface area contributed by atoms with E-state index in [1.807, 2.05) is 24.3 Å². The highest BCUT2D eigenvalue weighted by Crippen LogP contribution is 2.40. The third-order valence-corrected chi connectivity index (χ3v) is 7.12. The van der Waals surface area contributed by atoms with E-state index in [1.54, 1.807) is 42.5 Å². The molecule has 0 N–H and O–H groups in total. The molecule has 1 fully saturated rings. The van der Waals surface area contributed by atoms with Crippen LogP contribution in [0, 0.1) is 0 Å². The van der Waals surface area contributed by atoms with Gasteiger partial charge in [-0.25, -0.2) is 0 Å². The molecule has 1 aliphatic heterocycles. The highest BCUT2D eigenvalue weighted by atomic mass is 79.9. The SMILES string of the molecule is COc1cc(/C=C2\SC(=O)N(Cc3ccccc3Cl)C2=O)cc(Br)c1OCc1ccc(Cl)cc1. The van der Waals surface area contributed by atoms with Crippen LogP contribution in [0.15, 0.2) is 70.0 Å². The number of benzene rings is 3. The van der Waals surface area contributed by atoms with Crippen LogP contribution in [0.5, 0.6) is 11.5 Å². The molecule has 174 valence electrons. The van der Waals surface area contributed by atoms with Crippen LogP contribution in [0.3, 0.4) is 0 Å². The van der Waals surface area contributed by atoms with Crippen molar-refractivity contribution in [2.45, 2.75) is 13.2 Å². The maximum atomic E-state index is 12.9. The van der Waals surface area contributed by atoms with Crippen molar-refractivity contribution in [1.82, 2.24) is 4.90 Å². The van der Waals surface area contributed by atoms with Crippen LogP contribution in [-0.2, 0) is 17.9 Å². The molecule has 0 atom stereocenters. The maximum Gasteiger partial charge on any atom is 0.293 e. The first-order valence-corrected chi connectivity index (χ1v) is 12.5. The minimum Gasteiger partial charge on any atom is -0.493 e. The molecule has 0 bridgehead atoms. The molecular formula is C25H18BrCl2NO4S. The Morgan fingerprint density at radius 1 is 1.06 bits per heavy atom. The van der Waals surface area contributed by atoms with Crippen molar-refractivity contribution in [3.8, 4) is 11.5 Å². The average molecular weight is 579 g/mol. The minimum atomic E-state index is -0.368. The molecule has 0 aliphatic carbocycles. The number of carbonyl (C=O) groups excluding carboxylic acids is 2. The molecule has 0 spiro atoms. The van der Waals surface area contributed by atoms with Crippen LogP contribution in [0.1, 0.15) is 16.7 Å². The number of ether oxygens (including phenoxy) is 2. The van der Waals surface area contributed by atoms with Gasteiger partial charge in [-0.1, -0.05) is 53.5 Å². The molecule has 9 heteroatoms. The van der Waals surface area contributed by atoms with Gasteiger partial charge in [-0.15, -0.1) is 0 Å². The van der Waals surface area contributed by atoms with Gasteiger partial charge in [-0.2, -0.15) is 0 Å². The van der Waals surface area contributed by atoms with Crippen molar-refractivity contribution in [1.29, 1.82) is 0 Å². The van der Waals surface area contributed by atoms with E-state index in [-0.39, 0.29) is 17.7 Å². The van der Waals surface area contributed by atoms with Gasteiger partial charge in [0, 0.05) is 10.0 Å². The molecule has 0 radical (unpaired) electrons. The zero-order valence-electron chi connectivity index (χ0n) is 17.9. The Morgan fingerprint density at radius 2 is 1.79 bits per heavy atom. The molecule has 4 rings (SSSR count). The number of hydrogen-bond donors (Lipinski definition) is 0. The summed E-state index contributed by atoms with van der Waals surface area (Å²) < 4.78 is 12.1. The fourth-order valence-corrected chi connectivity index (χ4v) is 5.02. The number of nitrogens with zero attached hydrogens (tertiary/aromatic N) is 1. The van der Waals surface area contributed by atoms with Crippen LogP contribution in [0.25, 0.3) is 6.08 Å². The average Bonchev–Trinajstić information content (AvgIpc) is 3.07. The number of rotatable bonds is 7. The summed E-state index contributed by atoms with van der Waals surface area (Å²) in [6.07, 6.45) is 1.66. The Labute approximate surface area is 219 Å². The van der Waals surface area contributed by atoms with Gasteiger partial charge in [0.1, 0.15) is 6.61 Å². The first-order valence-electron chi connectivity index (χ1n) is 10.1. The zero-order valence-corrected chi connectivity index (χ0v) is 21.8. The summed E-state index contributed by atoms with van der Waals surface area (Å²) in [4.78, 5) is 26.9. The monoisotopic (exact) mass is 577 g/mol. The zero-order chi connectivity index (χ0) is 24.2. The van der Waals surface area contributed by atoms with E-state index in [4.69, 9.17) is 32.7 Å². The molecule has 3 aromatic rings. The largest absolute Gasteiger partial charge is 0.493 e. The van der Waals surface area contributed by atoms with Crippen molar-refractivity contribution in [2.75, 3.05) is 7.11 Å². The van der Waals surface area contributed by atoms with Crippen molar-refractivity contribution in [3.63, 3.8) is 0 Å². The molecule has 1 aliphatic rings. The Balaban J connectivity index is 1.53. The lowest BCUT2D eigenvalue weighted by atomic mass is 10.1. The van der Waals surface area contributed by atoms with Gasteiger partial charge in [0.05, 0.1) is 23.0 Å². The summed E-state index contributed by atoms with van der Waals surface area (Å²) in [6.45, 7) is 0.443. The van der Waals surface area contributed by atoms with Gasteiger partial charge < -0.3 is 9.47 Å². The molecule has 34 heavy (non-hydrogen) atoms. The van der Waals surface area contributed by atoms with E-state index < -0.39 is 0 Å². The van der Waals surface area contributed by atoms with Gasteiger partial charge in [0.2, 0.25) is 0 Å². The smallest absolute Gasteiger partial charge is 0.293 e. The second-order valence-corrected chi connectivity index (χ2v) is 10.00. The van der Waals surface area contributed by atoms with Crippen molar-refractivity contribution in [2.24, 2.45) is 0 Å². The van der Waals surface area contributed by atoms with Gasteiger partial charge in [-0.05, 0) is 80.8 Å². The standard InChI is InChI=1S/C25H18BrCl2NO4S/c1-32-21-11-16(10-19(26)23(21)33-14-15-6-8-18(27)9-7-15)12-22-24(30)29(25(31)34-22)13-17-4-2-3-5-20(17)28/h2-12H,13-14H2,1H3/b22-12-. The maximum absolute atomic E-state index is 12.9. The van der Waals surface area contributed by atoms with E-state index >= 15 is 0 Å². The molecule has 0 unspecified atom stereocenters. The van der Waals surface area contributed by atoms with E-state index in [9.17, 15) is 9.59 Å². The van der Waals surface area contributed by atoms with Gasteiger partial charge in [0.25, 0.3) is 11.1 Å². The Bertz CT molecular complexity index is 1280. The molecule has 1 saturated heterocycles. The summed E-state index contributed by atoms with van der Waals surface area (Å²) in [6, 6.07) is 18.1. The van der Waals surface area contributed by atoms with Crippen LogP contribution in [-0.4, -0.2) is 23.2 Å². The Morgan fingerprint density at radius 3 is 2.50 bits per heavy atom. The molecule has 2 amide bonds. The summed E-state index contributed by atoms with van der Waals surface area (Å²) in [5, 5.41) is 0.821. The third kappa shape index (κ3) is 5.61. The van der Waals surface area contributed by atoms with E-state index in [0.29, 0.717) is 48.7 Å². The predicted octanol–water partition coefficient (Wildman–Crippen LogP) is 7.58. The van der Waals surface area contributed by atoms with Crippen LogP contribution in [0.2, 0.25) is 10.0 Å². The molecule has 0 saturated carbocycles. The van der Waals surface area contributed by atoms with E-state index in [2.05, 4.69) is 15.9 Å². The number of methoxy groups -OCH3 is 1. The lowest BCUT2D eigenvalue weighted by molar-refractivity contribution is -0.123. The molecule has 1 heterocycles. The normalized spacial score (nSPS) is 14.7.